The van der Waals surface area contributed by atoms with Crippen molar-refractivity contribution in [1.29, 1.82) is 0 Å². The van der Waals surface area contributed by atoms with Crippen LogP contribution in [0.5, 0.6) is 11.5 Å². The Kier molecular flexibility index (Phi) is 4.12. The summed E-state index contributed by atoms with van der Waals surface area (Å²) in [4.78, 5) is 24.8. The van der Waals surface area contributed by atoms with E-state index in [0.717, 1.165) is 15.8 Å². The molecule has 2 atom stereocenters. The van der Waals surface area contributed by atoms with E-state index < -0.39 is 23.2 Å². The van der Waals surface area contributed by atoms with E-state index in [-0.39, 0.29) is 17.1 Å². The number of nitrogens with zero attached hydrogens (tertiary/aromatic N) is 1. The first kappa shape index (κ1) is 17.2. The quantitative estimate of drug-likeness (QED) is 0.479. The van der Waals surface area contributed by atoms with Crippen molar-refractivity contribution in [2.45, 2.75) is 11.4 Å². The van der Waals surface area contributed by atoms with Gasteiger partial charge in [-0.25, -0.2) is 5.01 Å². The summed E-state index contributed by atoms with van der Waals surface area (Å²) in [6.45, 7) is 0. The van der Waals surface area contributed by atoms with Crippen molar-refractivity contribution in [2.75, 3.05) is 0 Å². The van der Waals surface area contributed by atoms with Crippen LogP contribution in [0.4, 0.5) is 0 Å². The Morgan fingerprint density at radius 3 is 2.44 bits per heavy atom. The number of hydrogen-bond acceptors (Lipinski definition) is 4. The molecule has 2 amide bonds. The molecule has 0 aromatic heterocycles. The molecule has 1 fully saturated rings. The maximum atomic E-state index is 12.5. The Balaban J connectivity index is 1.71. The Labute approximate surface area is 159 Å². The number of β-lactam (4-membered cyclic amide) rings is 1. The second kappa shape index (κ2) is 6.48. The fourth-order valence-electron chi connectivity index (χ4n) is 3.28. The molecule has 3 aromatic carbocycles. The summed E-state index contributed by atoms with van der Waals surface area (Å²) in [5, 5.41) is 22.0. The van der Waals surface area contributed by atoms with E-state index >= 15 is 0 Å². The average molecular weight is 383 g/mol. The topological polar surface area (TPSA) is 89.9 Å². The molecule has 0 spiro atoms. The minimum absolute atomic E-state index is 0.0151. The highest BCUT2D eigenvalue weighted by Crippen LogP contribution is 2.44. The van der Waals surface area contributed by atoms with Gasteiger partial charge in [-0.2, -0.15) is 0 Å². The number of phenolic OH excluding ortho intramolecular Hbond substituents is 2. The average Bonchev–Trinajstić information content (AvgIpc) is 2.69. The molecule has 3 aromatic rings. The third-order valence-corrected chi connectivity index (χ3v) is 5.07. The van der Waals surface area contributed by atoms with Gasteiger partial charge in [0.15, 0.2) is 0 Å². The van der Waals surface area contributed by atoms with Crippen molar-refractivity contribution in [2.24, 2.45) is 0 Å². The van der Waals surface area contributed by atoms with Crippen molar-refractivity contribution in [3.05, 3.63) is 71.8 Å². The number of benzene rings is 3. The van der Waals surface area contributed by atoms with Gasteiger partial charge in [0.2, 0.25) is 0 Å². The molecule has 3 N–H and O–H groups in total. The molecule has 0 aliphatic carbocycles. The highest BCUT2D eigenvalue weighted by molar-refractivity contribution is 6.34. The van der Waals surface area contributed by atoms with Gasteiger partial charge in [-0.15, -0.1) is 11.6 Å². The third-order valence-electron chi connectivity index (χ3n) is 4.64. The van der Waals surface area contributed by atoms with Crippen LogP contribution < -0.4 is 5.43 Å². The van der Waals surface area contributed by atoms with Gasteiger partial charge in [-0.1, -0.05) is 42.5 Å². The van der Waals surface area contributed by atoms with Gasteiger partial charge in [-0.05, 0) is 29.0 Å². The molecule has 136 valence electrons. The number of halogens is 1. The van der Waals surface area contributed by atoms with Crippen LogP contribution in [0.15, 0.2) is 60.7 Å². The minimum Gasteiger partial charge on any atom is -0.508 e. The van der Waals surface area contributed by atoms with Gasteiger partial charge >= 0.3 is 0 Å². The van der Waals surface area contributed by atoms with Gasteiger partial charge < -0.3 is 10.2 Å². The van der Waals surface area contributed by atoms with Gasteiger partial charge in [0.05, 0.1) is 5.56 Å². The predicted molar refractivity (Wildman–Crippen MR) is 100 cm³/mol. The number of carbonyl (C=O) groups excluding carboxylic acids is 2. The smallest absolute Gasteiger partial charge is 0.273 e. The molecule has 0 bridgehead atoms. The molecule has 0 unspecified atom stereocenters. The van der Waals surface area contributed by atoms with Crippen LogP contribution in [0.1, 0.15) is 22.0 Å². The fourth-order valence-corrected chi connectivity index (χ4v) is 3.63. The van der Waals surface area contributed by atoms with Gasteiger partial charge in [0.25, 0.3) is 11.8 Å². The number of rotatable bonds is 3. The summed E-state index contributed by atoms with van der Waals surface area (Å²) >= 11 is 6.22. The van der Waals surface area contributed by atoms with Crippen molar-refractivity contribution in [3.8, 4) is 11.5 Å². The van der Waals surface area contributed by atoms with E-state index in [2.05, 4.69) is 5.43 Å². The number of amides is 2. The molecule has 1 aliphatic heterocycles. The molecule has 0 saturated carbocycles. The Morgan fingerprint density at radius 1 is 0.963 bits per heavy atom. The molecule has 1 saturated heterocycles. The predicted octanol–water partition coefficient (Wildman–Crippen LogP) is 3.09. The van der Waals surface area contributed by atoms with Gasteiger partial charge in [0, 0.05) is 5.56 Å². The SMILES string of the molecule is O=C(NN1C(=O)[C@@H](Cl)[C@@H]1c1c(O)ccc2ccccc12)c1ccccc1O. The molecular formula is C20H15ClN2O4. The highest BCUT2D eigenvalue weighted by atomic mass is 35.5. The van der Waals surface area contributed by atoms with E-state index in [1.165, 1.54) is 18.2 Å². The van der Waals surface area contributed by atoms with Crippen LogP contribution in [0, 0.1) is 0 Å². The van der Waals surface area contributed by atoms with E-state index in [9.17, 15) is 19.8 Å². The summed E-state index contributed by atoms with van der Waals surface area (Å²) < 4.78 is 0. The first-order chi connectivity index (χ1) is 13.0. The number of aromatic hydroxyl groups is 2. The number of phenols is 2. The Morgan fingerprint density at radius 2 is 1.67 bits per heavy atom. The third kappa shape index (κ3) is 2.74. The van der Waals surface area contributed by atoms with E-state index in [1.807, 2.05) is 24.3 Å². The van der Waals surface area contributed by atoms with Crippen molar-refractivity contribution >= 4 is 34.2 Å². The number of alkyl halides is 1. The molecule has 27 heavy (non-hydrogen) atoms. The zero-order valence-corrected chi connectivity index (χ0v) is 14.7. The molecule has 1 heterocycles. The second-order valence-corrected chi connectivity index (χ2v) is 6.70. The fraction of sp³-hybridized carbons (Fsp3) is 0.100. The maximum absolute atomic E-state index is 12.5. The minimum atomic E-state index is -0.925. The second-order valence-electron chi connectivity index (χ2n) is 6.23. The number of fused-ring (bicyclic) bond motifs is 1. The maximum Gasteiger partial charge on any atom is 0.273 e. The van der Waals surface area contributed by atoms with Crippen LogP contribution in [0.3, 0.4) is 0 Å². The summed E-state index contributed by atoms with van der Waals surface area (Å²) in [5.41, 5.74) is 2.98. The first-order valence-corrected chi connectivity index (χ1v) is 8.69. The van der Waals surface area contributed by atoms with Gasteiger partial charge in [-0.3, -0.25) is 15.0 Å². The lowest BCUT2D eigenvalue weighted by molar-refractivity contribution is -0.149. The largest absolute Gasteiger partial charge is 0.508 e. The summed E-state index contributed by atoms with van der Waals surface area (Å²) in [6.07, 6.45) is 0. The number of hydrogen-bond donors (Lipinski definition) is 3. The van der Waals surface area contributed by atoms with Crippen molar-refractivity contribution in [1.82, 2.24) is 10.4 Å². The number of nitrogens with one attached hydrogen (secondary N) is 1. The summed E-state index contributed by atoms with van der Waals surface area (Å²) in [5.74, 6) is -1.35. The molecule has 4 rings (SSSR count). The monoisotopic (exact) mass is 382 g/mol. The summed E-state index contributed by atoms with van der Waals surface area (Å²) in [7, 11) is 0. The number of hydrazine groups is 1. The standard InChI is InChI=1S/C20H15ClN2O4/c21-17-18(16-12-6-2-1-5-11(12)9-10-15(16)25)23(20(17)27)22-19(26)13-7-3-4-8-14(13)24/h1-10,17-18,24-25H,(H,22,26)/t17-,18-/m0/s1. The molecule has 1 aliphatic rings. The van der Waals surface area contributed by atoms with E-state index in [4.69, 9.17) is 11.6 Å². The zero-order valence-electron chi connectivity index (χ0n) is 14.0. The summed E-state index contributed by atoms with van der Waals surface area (Å²) in [6, 6.07) is 16.0. The van der Waals surface area contributed by atoms with Crippen LogP contribution in [-0.4, -0.2) is 32.4 Å². The van der Waals surface area contributed by atoms with E-state index in [1.54, 1.807) is 18.2 Å². The van der Waals surface area contributed by atoms with Crippen LogP contribution >= 0.6 is 11.6 Å². The van der Waals surface area contributed by atoms with Crippen LogP contribution in [-0.2, 0) is 4.79 Å². The van der Waals surface area contributed by atoms with Crippen molar-refractivity contribution < 1.29 is 19.8 Å². The van der Waals surface area contributed by atoms with E-state index in [0.29, 0.717) is 5.56 Å². The first-order valence-electron chi connectivity index (χ1n) is 8.26. The molecule has 0 radical (unpaired) electrons. The highest BCUT2D eigenvalue weighted by Gasteiger charge is 2.50. The lowest BCUT2D eigenvalue weighted by Gasteiger charge is -2.44. The van der Waals surface area contributed by atoms with Crippen LogP contribution in [0.2, 0.25) is 0 Å². The molecule has 7 heteroatoms. The zero-order chi connectivity index (χ0) is 19.1. The number of para-hydroxylation sites is 1. The Bertz CT molecular complexity index is 1070. The normalized spacial score (nSPS) is 19.0. The molecular weight excluding hydrogens is 368 g/mol. The van der Waals surface area contributed by atoms with Crippen LogP contribution in [0.25, 0.3) is 10.8 Å². The Hall–Kier alpha value is -3.25. The lowest BCUT2D eigenvalue weighted by atomic mass is 9.90. The molecule has 6 nitrogen and oxygen atoms in total. The lowest BCUT2D eigenvalue weighted by Crippen LogP contribution is -2.63. The number of carbonyl (C=O) groups is 2. The van der Waals surface area contributed by atoms with Crippen molar-refractivity contribution in [3.63, 3.8) is 0 Å². The van der Waals surface area contributed by atoms with Gasteiger partial charge in [0.1, 0.15) is 22.9 Å².